The van der Waals surface area contributed by atoms with Gasteiger partial charge in [-0.1, -0.05) is 11.6 Å². The average molecular weight is 294 g/mol. The van der Waals surface area contributed by atoms with Gasteiger partial charge in [-0.15, -0.1) is 0 Å². The maximum Gasteiger partial charge on any atom is 0.271 e. The number of hydrogen-bond acceptors (Lipinski definition) is 5. The number of non-ortho nitro benzene ring substituents is 1. The van der Waals surface area contributed by atoms with E-state index in [-0.39, 0.29) is 10.7 Å². The van der Waals surface area contributed by atoms with Crippen molar-refractivity contribution in [3.05, 3.63) is 51.7 Å². The second kappa shape index (κ2) is 6.21. The van der Waals surface area contributed by atoms with Gasteiger partial charge >= 0.3 is 0 Å². The van der Waals surface area contributed by atoms with E-state index in [0.717, 1.165) is 6.54 Å². The Morgan fingerprint density at radius 2 is 2.20 bits per heavy atom. The Morgan fingerprint density at radius 1 is 1.40 bits per heavy atom. The number of rotatable bonds is 5. The highest BCUT2D eigenvalue weighted by molar-refractivity contribution is 6.32. The predicted octanol–water partition coefficient (Wildman–Crippen LogP) is 3.87. The Bertz CT molecular complexity index is 634. The van der Waals surface area contributed by atoms with Crippen molar-refractivity contribution in [3.8, 4) is 11.5 Å². The van der Waals surface area contributed by atoms with Crippen LogP contribution < -0.4 is 10.1 Å². The summed E-state index contributed by atoms with van der Waals surface area (Å²) in [5, 5.41) is 13.9. The minimum absolute atomic E-state index is 0.0783. The third-order valence-electron chi connectivity index (χ3n) is 2.44. The quantitative estimate of drug-likeness (QED) is 0.669. The molecule has 1 aromatic heterocycles. The lowest BCUT2D eigenvalue weighted by atomic mass is 10.3. The van der Waals surface area contributed by atoms with Crippen molar-refractivity contribution in [1.82, 2.24) is 4.98 Å². The molecule has 104 valence electrons. The van der Waals surface area contributed by atoms with Gasteiger partial charge in [0, 0.05) is 30.9 Å². The van der Waals surface area contributed by atoms with Crippen molar-refractivity contribution in [2.45, 2.75) is 6.92 Å². The second-order valence-corrected chi connectivity index (χ2v) is 4.29. The number of aromatic nitrogens is 1. The minimum Gasteiger partial charge on any atom is -0.456 e. The fourth-order valence-electron chi connectivity index (χ4n) is 1.57. The molecule has 2 rings (SSSR count). The molecule has 0 atom stereocenters. The predicted molar refractivity (Wildman–Crippen MR) is 76.6 cm³/mol. The summed E-state index contributed by atoms with van der Waals surface area (Å²) in [6.45, 7) is 2.71. The zero-order valence-electron chi connectivity index (χ0n) is 10.7. The van der Waals surface area contributed by atoms with Crippen LogP contribution in [-0.2, 0) is 0 Å². The van der Waals surface area contributed by atoms with Gasteiger partial charge in [0.05, 0.1) is 9.95 Å². The van der Waals surface area contributed by atoms with E-state index >= 15 is 0 Å². The summed E-state index contributed by atoms with van der Waals surface area (Å²) in [7, 11) is 0. The molecule has 0 aliphatic heterocycles. The van der Waals surface area contributed by atoms with E-state index in [9.17, 15) is 10.1 Å². The molecule has 0 aliphatic rings. The molecule has 0 amide bonds. The Labute approximate surface area is 120 Å². The van der Waals surface area contributed by atoms with Crippen molar-refractivity contribution >= 4 is 23.1 Å². The van der Waals surface area contributed by atoms with Crippen LogP contribution in [0.4, 0.5) is 11.5 Å². The molecule has 0 radical (unpaired) electrons. The highest BCUT2D eigenvalue weighted by Crippen LogP contribution is 2.32. The van der Waals surface area contributed by atoms with E-state index < -0.39 is 4.92 Å². The van der Waals surface area contributed by atoms with E-state index in [1.165, 1.54) is 18.2 Å². The zero-order valence-corrected chi connectivity index (χ0v) is 11.4. The Kier molecular flexibility index (Phi) is 4.37. The average Bonchev–Trinajstić information content (AvgIpc) is 2.42. The lowest BCUT2D eigenvalue weighted by molar-refractivity contribution is -0.384. The van der Waals surface area contributed by atoms with E-state index in [4.69, 9.17) is 16.3 Å². The van der Waals surface area contributed by atoms with Gasteiger partial charge in [0.25, 0.3) is 5.69 Å². The van der Waals surface area contributed by atoms with Crippen LogP contribution in [0.25, 0.3) is 0 Å². The van der Waals surface area contributed by atoms with Gasteiger partial charge in [-0.3, -0.25) is 10.1 Å². The molecule has 2 aromatic rings. The molecule has 0 aliphatic carbocycles. The number of halogens is 1. The Hall–Kier alpha value is -2.34. The first kappa shape index (κ1) is 14.1. The molecule has 1 heterocycles. The standard InChI is InChI=1S/C13H12ClN3O3/c1-2-15-13-8-10(5-6-16-13)20-12-4-3-9(17(18)19)7-11(12)14/h3-8H,2H2,1H3,(H,15,16). The number of ether oxygens (including phenoxy) is 1. The van der Waals surface area contributed by atoms with Crippen LogP contribution in [0.15, 0.2) is 36.5 Å². The van der Waals surface area contributed by atoms with Crippen LogP contribution in [0.1, 0.15) is 6.92 Å². The Morgan fingerprint density at radius 3 is 2.85 bits per heavy atom. The summed E-state index contributed by atoms with van der Waals surface area (Å²) >= 11 is 5.96. The van der Waals surface area contributed by atoms with E-state index in [1.54, 1.807) is 18.3 Å². The van der Waals surface area contributed by atoms with Gasteiger partial charge in [-0.05, 0) is 19.1 Å². The van der Waals surface area contributed by atoms with Crippen LogP contribution in [0, 0.1) is 10.1 Å². The molecule has 20 heavy (non-hydrogen) atoms. The number of nitro groups is 1. The van der Waals surface area contributed by atoms with Crippen LogP contribution in [0.5, 0.6) is 11.5 Å². The van der Waals surface area contributed by atoms with Crippen LogP contribution >= 0.6 is 11.6 Å². The lowest BCUT2D eigenvalue weighted by Crippen LogP contribution is -1.98. The molecule has 7 heteroatoms. The normalized spacial score (nSPS) is 10.1. The lowest BCUT2D eigenvalue weighted by Gasteiger charge is -2.09. The number of nitrogens with one attached hydrogen (secondary N) is 1. The van der Waals surface area contributed by atoms with Gasteiger partial charge in [0.1, 0.15) is 17.3 Å². The smallest absolute Gasteiger partial charge is 0.271 e. The summed E-state index contributed by atoms with van der Waals surface area (Å²) in [6.07, 6.45) is 1.60. The van der Waals surface area contributed by atoms with Crippen molar-refractivity contribution in [2.75, 3.05) is 11.9 Å². The van der Waals surface area contributed by atoms with Gasteiger partial charge < -0.3 is 10.1 Å². The van der Waals surface area contributed by atoms with Gasteiger partial charge in [0.15, 0.2) is 0 Å². The number of anilines is 1. The minimum atomic E-state index is -0.509. The molecular formula is C13H12ClN3O3. The number of benzene rings is 1. The summed E-state index contributed by atoms with van der Waals surface area (Å²) in [6, 6.07) is 7.46. The first-order chi connectivity index (χ1) is 9.60. The van der Waals surface area contributed by atoms with Gasteiger partial charge in [0.2, 0.25) is 0 Å². The second-order valence-electron chi connectivity index (χ2n) is 3.88. The maximum absolute atomic E-state index is 10.6. The SMILES string of the molecule is CCNc1cc(Oc2ccc([N+](=O)[O-])cc2Cl)ccn1. The van der Waals surface area contributed by atoms with E-state index in [0.29, 0.717) is 17.3 Å². The number of hydrogen-bond donors (Lipinski definition) is 1. The molecule has 1 aromatic carbocycles. The van der Waals surface area contributed by atoms with Crippen molar-refractivity contribution in [1.29, 1.82) is 0 Å². The first-order valence-electron chi connectivity index (χ1n) is 5.92. The summed E-state index contributed by atoms with van der Waals surface area (Å²) < 4.78 is 5.60. The van der Waals surface area contributed by atoms with E-state index in [2.05, 4.69) is 10.3 Å². The molecule has 0 saturated heterocycles. The third-order valence-corrected chi connectivity index (χ3v) is 2.74. The maximum atomic E-state index is 10.6. The molecule has 0 bridgehead atoms. The first-order valence-corrected chi connectivity index (χ1v) is 6.29. The van der Waals surface area contributed by atoms with Crippen molar-refractivity contribution in [3.63, 3.8) is 0 Å². The monoisotopic (exact) mass is 293 g/mol. The molecule has 0 fully saturated rings. The van der Waals surface area contributed by atoms with Crippen LogP contribution in [-0.4, -0.2) is 16.5 Å². The fourth-order valence-corrected chi connectivity index (χ4v) is 1.78. The fraction of sp³-hybridized carbons (Fsp3) is 0.154. The number of nitrogens with zero attached hydrogens (tertiary/aromatic N) is 2. The molecular weight excluding hydrogens is 282 g/mol. The highest BCUT2D eigenvalue weighted by atomic mass is 35.5. The molecule has 0 unspecified atom stereocenters. The summed E-state index contributed by atoms with van der Waals surface area (Å²) in [4.78, 5) is 14.2. The summed E-state index contributed by atoms with van der Waals surface area (Å²) in [5.74, 6) is 1.58. The van der Waals surface area contributed by atoms with Crippen molar-refractivity contribution < 1.29 is 9.66 Å². The topological polar surface area (TPSA) is 77.3 Å². The highest BCUT2D eigenvalue weighted by Gasteiger charge is 2.11. The molecule has 0 saturated carbocycles. The largest absolute Gasteiger partial charge is 0.456 e. The van der Waals surface area contributed by atoms with Crippen LogP contribution in [0.2, 0.25) is 5.02 Å². The zero-order chi connectivity index (χ0) is 14.5. The number of pyridine rings is 1. The Balaban J connectivity index is 2.21. The van der Waals surface area contributed by atoms with Gasteiger partial charge in [-0.25, -0.2) is 4.98 Å². The van der Waals surface area contributed by atoms with E-state index in [1.807, 2.05) is 6.92 Å². The van der Waals surface area contributed by atoms with Crippen LogP contribution in [0.3, 0.4) is 0 Å². The van der Waals surface area contributed by atoms with Gasteiger partial charge in [-0.2, -0.15) is 0 Å². The number of nitro benzene ring substituents is 1. The molecule has 0 spiro atoms. The molecule has 1 N–H and O–H groups in total. The van der Waals surface area contributed by atoms with Crippen molar-refractivity contribution in [2.24, 2.45) is 0 Å². The third kappa shape index (κ3) is 3.36. The summed E-state index contributed by atoms with van der Waals surface area (Å²) in [5.41, 5.74) is -0.0783. The molecule has 6 nitrogen and oxygen atoms in total.